The first-order valence-corrected chi connectivity index (χ1v) is 8.28. The number of halogens is 1. The molecule has 26 heavy (non-hydrogen) atoms. The van der Waals surface area contributed by atoms with Crippen LogP contribution in [0.2, 0.25) is 0 Å². The SMILES string of the molecule is CCOC(=O)COc1c(I)cc(/C=C(/C#N)C(=O)NC(N)=O)cc1OC. The van der Waals surface area contributed by atoms with Gasteiger partial charge in [-0.05, 0) is 53.3 Å². The first kappa shape index (κ1) is 21.2. The summed E-state index contributed by atoms with van der Waals surface area (Å²) in [5, 5.41) is 10.9. The van der Waals surface area contributed by atoms with Gasteiger partial charge in [0.15, 0.2) is 18.1 Å². The first-order valence-electron chi connectivity index (χ1n) is 7.20. The molecule has 0 aliphatic carbocycles. The number of carbonyl (C=O) groups is 3. The molecule has 9 nitrogen and oxygen atoms in total. The molecule has 138 valence electrons. The third kappa shape index (κ3) is 6.25. The summed E-state index contributed by atoms with van der Waals surface area (Å²) in [5.41, 5.74) is 5.00. The van der Waals surface area contributed by atoms with Crippen LogP contribution in [0.1, 0.15) is 12.5 Å². The van der Waals surface area contributed by atoms with Crippen LogP contribution in [0, 0.1) is 14.9 Å². The Hall–Kier alpha value is -2.81. The highest BCUT2D eigenvalue weighted by Crippen LogP contribution is 2.34. The van der Waals surface area contributed by atoms with E-state index in [2.05, 4.69) is 0 Å². The van der Waals surface area contributed by atoms with Crippen LogP contribution in [0.5, 0.6) is 11.5 Å². The Morgan fingerprint density at radius 3 is 2.62 bits per heavy atom. The molecule has 0 aliphatic rings. The lowest BCUT2D eigenvalue weighted by molar-refractivity contribution is -0.145. The number of urea groups is 1. The second-order valence-corrected chi connectivity index (χ2v) is 5.78. The number of nitrogens with one attached hydrogen (secondary N) is 1. The number of imide groups is 1. The van der Waals surface area contributed by atoms with Gasteiger partial charge in [0, 0.05) is 0 Å². The fraction of sp³-hybridized carbons (Fsp3) is 0.250. The second kappa shape index (κ2) is 10.2. The molecule has 0 atom stereocenters. The number of nitriles is 1. The molecule has 10 heteroatoms. The zero-order chi connectivity index (χ0) is 19.7. The molecular weight excluding hydrogens is 457 g/mol. The first-order chi connectivity index (χ1) is 12.3. The number of nitrogens with zero attached hydrogens (tertiary/aromatic N) is 1. The maximum Gasteiger partial charge on any atom is 0.344 e. The number of ether oxygens (including phenoxy) is 3. The van der Waals surface area contributed by atoms with Crippen molar-refractivity contribution in [3.8, 4) is 17.6 Å². The molecule has 0 saturated heterocycles. The van der Waals surface area contributed by atoms with E-state index in [9.17, 15) is 14.4 Å². The van der Waals surface area contributed by atoms with Crippen LogP contribution >= 0.6 is 22.6 Å². The van der Waals surface area contributed by atoms with Crippen LogP contribution in [0.3, 0.4) is 0 Å². The Balaban J connectivity index is 3.13. The van der Waals surface area contributed by atoms with Crippen molar-refractivity contribution in [1.82, 2.24) is 5.32 Å². The van der Waals surface area contributed by atoms with Gasteiger partial charge < -0.3 is 19.9 Å². The van der Waals surface area contributed by atoms with E-state index in [1.807, 2.05) is 27.9 Å². The van der Waals surface area contributed by atoms with Crippen LogP contribution in [0.4, 0.5) is 4.79 Å². The number of amides is 3. The van der Waals surface area contributed by atoms with Crippen LogP contribution in [-0.2, 0) is 14.3 Å². The molecule has 0 aromatic heterocycles. The van der Waals surface area contributed by atoms with E-state index in [1.165, 1.54) is 19.3 Å². The van der Waals surface area contributed by atoms with E-state index in [1.54, 1.807) is 19.1 Å². The Labute approximate surface area is 163 Å². The van der Waals surface area contributed by atoms with Gasteiger partial charge in [-0.15, -0.1) is 0 Å². The van der Waals surface area contributed by atoms with E-state index in [0.717, 1.165) is 0 Å². The van der Waals surface area contributed by atoms with Crippen LogP contribution in [0.15, 0.2) is 17.7 Å². The lowest BCUT2D eigenvalue weighted by Crippen LogP contribution is -2.35. The molecule has 0 fully saturated rings. The summed E-state index contributed by atoms with van der Waals surface area (Å²) in [6.07, 6.45) is 1.26. The highest BCUT2D eigenvalue weighted by Gasteiger charge is 2.15. The van der Waals surface area contributed by atoms with Gasteiger partial charge in [-0.3, -0.25) is 10.1 Å². The molecule has 0 saturated carbocycles. The fourth-order valence-electron chi connectivity index (χ4n) is 1.79. The molecule has 0 spiro atoms. The van der Waals surface area contributed by atoms with Crippen LogP contribution in [-0.4, -0.2) is 38.2 Å². The van der Waals surface area contributed by atoms with Gasteiger partial charge in [0.05, 0.1) is 17.3 Å². The van der Waals surface area contributed by atoms with Gasteiger partial charge >= 0.3 is 12.0 Å². The van der Waals surface area contributed by atoms with Crippen molar-refractivity contribution in [2.45, 2.75) is 6.92 Å². The summed E-state index contributed by atoms with van der Waals surface area (Å²) in [7, 11) is 1.40. The lowest BCUT2D eigenvalue weighted by Gasteiger charge is -2.13. The van der Waals surface area contributed by atoms with Gasteiger partial charge in [-0.25, -0.2) is 9.59 Å². The lowest BCUT2D eigenvalue weighted by atomic mass is 10.1. The van der Waals surface area contributed by atoms with Crippen molar-refractivity contribution in [3.05, 3.63) is 26.8 Å². The number of esters is 1. The van der Waals surface area contributed by atoms with Gasteiger partial charge in [-0.2, -0.15) is 5.26 Å². The average Bonchev–Trinajstić information content (AvgIpc) is 2.57. The fourth-order valence-corrected chi connectivity index (χ4v) is 2.57. The second-order valence-electron chi connectivity index (χ2n) is 4.62. The molecule has 1 rings (SSSR count). The summed E-state index contributed by atoms with van der Waals surface area (Å²) in [4.78, 5) is 33.9. The van der Waals surface area contributed by atoms with Crippen molar-refractivity contribution in [3.63, 3.8) is 0 Å². The summed E-state index contributed by atoms with van der Waals surface area (Å²) in [5.74, 6) is -0.834. The van der Waals surface area contributed by atoms with E-state index in [-0.39, 0.29) is 18.8 Å². The van der Waals surface area contributed by atoms with Gasteiger partial charge in [0.1, 0.15) is 11.6 Å². The van der Waals surface area contributed by atoms with Crippen molar-refractivity contribution in [2.24, 2.45) is 5.73 Å². The molecular formula is C16H16IN3O6. The molecule has 0 heterocycles. The Morgan fingerprint density at radius 2 is 2.08 bits per heavy atom. The number of benzene rings is 1. The minimum absolute atomic E-state index is 0.241. The monoisotopic (exact) mass is 473 g/mol. The van der Waals surface area contributed by atoms with Gasteiger partial charge in [0.2, 0.25) is 0 Å². The Kier molecular flexibility index (Phi) is 8.36. The molecule has 0 unspecified atom stereocenters. The maximum absolute atomic E-state index is 11.7. The predicted molar refractivity (Wildman–Crippen MR) is 99.2 cm³/mol. The highest BCUT2D eigenvalue weighted by atomic mass is 127. The topological polar surface area (TPSA) is 141 Å². The van der Waals surface area contributed by atoms with Gasteiger partial charge in [-0.1, -0.05) is 0 Å². The number of nitrogens with two attached hydrogens (primary N) is 1. The number of primary amides is 1. The average molecular weight is 473 g/mol. The van der Waals surface area contributed by atoms with Crippen molar-refractivity contribution in [1.29, 1.82) is 5.26 Å². The van der Waals surface area contributed by atoms with E-state index < -0.39 is 17.9 Å². The van der Waals surface area contributed by atoms with E-state index in [4.69, 9.17) is 25.2 Å². The summed E-state index contributed by atoms with van der Waals surface area (Å²) >= 11 is 1.96. The largest absolute Gasteiger partial charge is 0.493 e. The van der Waals surface area contributed by atoms with Crippen molar-refractivity contribution in [2.75, 3.05) is 20.3 Å². The van der Waals surface area contributed by atoms with Crippen LogP contribution in [0.25, 0.3) is 6.08 Å². The molecule has 0 bridgehead atoms. The molecule has 1 aromatic carbocycles. The minimum atomic E-state index is -1.06. The highest BCUT2D eigenvalue weighted by molar-refractivity contribution is 14.1. The van der Waals surface area contributed by atoms with E-state index in [0.29, 0.717) is 20.6 Å². The molecule has 3 N–H and O–H groups in total. The van der Waals surface area contributed by atoms with E-state index >= 15 is 0 Å². The molecule has 0 aliphatic heterocycles. The maximum atomic E-state index is 11.7. The minimum Gasteiger partial charge on any atom is -0.493 e. The van der Waals surface area contributed by atoms with Crippen molar-refractivity contribution >= 4 is 46.6 Å². The summed E-state index contributed by atoms with van der Waals surface area (Å²) < 4.78 is 16.0. The number of carbonyl (C=O) groups excluding carboxylic acids is 3. The quantitative estimate of drug-likeness (QED) is 0.264. The van der Waals surface area contributed by atoms with Crippen molar-refractivity contribution < 1.29 is 28.6 Å². The molecule has 1 aromatic rings. The summed E-state index contributed by atoms with van der Waals surface area (Å²) in [6.45, 7) is 1.63. The Bertz CT molecular complexity index is 785. The van der Waals surface area contributed by atoms with Gasteiger partial charge in [0.25, 0.3) is 5.91 Å². The molecule has 0 radical (unpaired) electrons. The molecule has 3 amide bonds. The standard InChI is InChI=1S/C16H16IN3O6/c1-3-25-13(21)8-26-14-11(17)5-9(6-12(14)24-2)4-10(7-18)15(22)20-16(19)23/h4-6H,3,8H2,1-2H3,(H3,19,20,22,23)/b10-4-. The summed E-state index contributed by atoms with van der Waals surface area (Å²) in [6, 6.07) is 3.74. The number of hydrogen-bond acceptors (Lipinski definition) is 7. The Morgan fingerprint density at radius 1 is 1.38 bits per heavy atom. The number of hydrogen-bond donors (Lipinski definition) is 2. The number of rotatable bonds is 7. The normalized spacial score (nSPS) is 10.5. The number of methoxy groups -OCH3 is 1. The third-order valence-electron chi connectivity index (χ3n) is 2.80. The predicted octanol–water partition coefficient (Wildman–Crippen LogP) is 1.34. The smallest absolute Gasteiger partial charge is 0.344 e. The zero-order valence-electron chi connectivity index (χ0n) is 14.0. The zero-order valence-corrected chi connectivity index (χ0v) is 16.2. The van der Waals surface area contributed by atoms with Crippen LogP contribution < -0.4 is 20.5 Å². The third-order valence-corrected chi connectivity index (χ3v) is 3.61.